The first kappa shape index (κ1) is 24.2. The van der Waals surface area contributed by atoms with E-state index in [4.69, 9.17) is 9.73 Å². The molecule has 2 N–H and O–H groups in total. The van der Waals surface area contributed by atoms with Crippen molar-refractivity contribution in [2.24, 2.45) is 4.99 Å². The molecule has 2 aliphatic rings. The van der Waals surface area contributed by atoms with E-state index >= 15 is 0 Å². The van der Waals surface area contributed by atoms with Crippen LogP contribution in [0.15, 0.2) is 41.5 Å². The van der Waals surface area contributed by atoms with Crippen molar-refractivity contribution in [3.63, 3.8) is 0 Å². The van der Waals surface area contributed by atoms with Gasteiger partial charge in [-0.2, -0.15) is 0 Å². The van der Waals surface area contributed by atoms with Crippen LogP contribution in [0.25, 0.3) is 10.9 Å². The van der Waals surface area contributed by atoms with E-state index in [1.165, 1.54) is 32.1 Å². The quantitative estimate of drug-likeness (QED) is 0.332. The van der Waals surface area contributed by atoms with Crippen molar-refractivity contribution >= 4 is 40.8 Å². The number of nitrogens with one attached hydrogen (secondary N) is 2. The second-order valence-electron chi connectivity index (χ2n) is 8.43. The second-order valence-corrected chi connectivity index (χ2v) is 8.43. The molecule has 1 saturated carbocycles. The first-order chi connectivity index (χ1) is 14.8. The molecule has 4 rings (SSSR count). The van der Waals surface area contributed by atoms with Crippen LogP contribution in [-0.2, 0) is 11.3 Å². The Labute approximate surface area is 203 Å². The van der Waals surface area contributed by atoms with Crippen LogP contribution in [0.3, 0.4) is 0 Å². The number of guanidine groups is 1. The minimum Gasteiger partial charge on any atom is -0.379 e. The minimum absolute atomic E-state index is 0. The van der Waals surface area contributed by atoms with E-state index in [1.54, 1.807) is 0 Å². The van der Waals surface area contributed by atoms with Gasteiger partial charge in [0.15, 0.2) is 5.96 Å². The van der Waals surface area contributed by atoms with Gasteiger partial charge in [0.25, 0.3) is 0 Å². The van der Waals surface area contributed by atoms with Crippen molar-refractivity contribution in [1.82, 2.24) is 20.5 Å². The topological polar surface area (TPSA) is 61.8 Å². The third-order valence-electron chi connectivity index (χ3n) is 6.52. The molecule has 2 aromatic rings. The van der Waals surface area contributed by atoms with Crippen LogP contribution in [0, 0.1) is 0 Å². The zero-order chi connectivity index (χ0) is 20.7. The number of morpholine rings is 1. The predicted molar refractivity (Wildman–Crippen MR) is 138 cm³/mol. The highest BCUT2D eigenvalue weighted by Gasteiger charge is 2.38. The normalized spacial score (nSPS) is 19.6. The number of aliphatic imine (C=N–C) groups is 1. The lowest BCUT2D eigenvalue weighted by Gasteiger charge is -2.48. The Hall–Kier alpha value is -1.45. The van der Waals surface area contributed by atoms with Gasteiger partial charge in [-0.25, -0.2) is 4.99 Å². The summed E-state index contributed by atoms with van der Waals surface area (Å²) in [6.07, 6.45) is 8.35. The molecule has 0 bridgehead atoms. The van der Waals surface area contributed by atoms with E-state index in [0.717, 1.165) is 61.8 Å². The van der Waals surface area contributed by atoms with Crippen LogP contribution in [0.2, 0.25) is 0 Å². The zero-order valence-corrected chi connectivity index (χ0v) is 20.9. The molecular formula is C24H36IN5O. The predicted octanol–water partition coefficient (Wildman–Crippen LogP) is 3.94. The van der Waals surface area contributed by atoms with Gasteiger partial charge in [0.1, 0.15) is 0 Å². The lowest BCUT2D eigenvalue weighted by Crippen LogP contribution is -2.60. The van der Waals surface area contributed by atoms with Crippen molar-refractivity contribution in [3.05, 3.63) is 42.1 Å². The number of ether oxygens (including phenoxy) is 1. The van der Waals surface area contributed by atoms with Gasteiger partial charge in [0.2, 0.25) is 0 Å². The van der Waals surface area contributed by atoms with Crippen molar-refractivity contribution in [2.75, 3.05) is 39.4 Å². The molecule has 31 heavy (non-hydrogen) atoms. The van der Waals surface area contributed by atoms with Crippen LogP contribution in [-0.4, -0.2) is 60.8 Å². The van der Waals surface area contributed by atoms with E-state index in [0.29, 0.717) is 6.54 Å². The van der Waals surface area contributed by atoms with E-state index in [2.05, 4.69) is 51.7 Å². The molecule has 2 fully saturated rings. The third kappa shape index (κ3) is 6.08. The Kier molecular flexibility index (Phi) is 9.34. The molecule has 0 unspecified atom stereocenters. The molecule has 1 aromatic carbocycles. The third-order valence-corrected chi connectivity index (χ3v) is 6.52. The first-order valence-corrected chi connectivity index (χ1v) is 11.5. The van der Waals surface area contributed by atoms with Gasteiger partial charge in [-0.05, 0) is 31.4 Å². The Morgan fingerprint density at radius 2 is 1.87 bits per heavy atom. The monoisotopic (exact) mass is 537 g/mol. The molecule has 0 amide bonds. The molecule has 2 heterocycles. The summed E-state index contributed by atoms with van der Waals surface area (Å²) in [5, 5.41) is 8.28. The number of aromatic nitrogens is 1. The van der Waals surface area contributed by atoms with Crippen LogP contribution in [0.4, 0.5) is 0 Å². The summed E-state index contributed by atoms with van der Waals surface area (Å²) in [5.41, 5.74) is 2.42. The average molecular weight is 537 g/mol. The van der Waals surface area contributed by atoms with Gasteiger partial charge in [0.05, 0.1) is 25.3 Å². The summed E-state index contributed by atoms with van der Waals surface area (Å²) in [6, 6.07) is 10.4. The summed E-state index contributed by atoms with van der Waals surface area (Å²) < 4.78 is 5.62. The number of hydrogen-bond acceptors (Lipinski definition) is 4. The highest BCUT2D eigenvalue weighted by Crippen LogP contribution is 2.33. The Morgan fingerprint density at radius 1 is 1.10 bits per heavy atom. The number of nitrogens with zero attached hydrogens (tertiary/aromatic N) is 3. The first-order valence-electron chi connectivity index (χ1n) is 11.5. The summed E-state index contributed by atoms with van der Waals surface area (Å²) in [4.78, 5) is 12.1. The number of pyridine rings is 1. The Morgan fingerprint density at radius 3 is 2.65 bits per heavy atom. The second kappa shape index (κ2) is 12.0. The molecule has 1 aliphatic heterocycles. The van der Waals surface area contributed by atoms with Crippen molar-refractivity contribution in [1.29, 1.82) is 0 Å². The molecular weight excluding hydrogens is 501 g/mol. The molecule has 0 atom stereocenters. The maximum Gasteiger partial charge on any atom is 0.191 e. The van der Waals surface area contributed by atoms with Crippen LogP contribution < -0.4 is 10.6 Å². The summed E-state index contributed by atoms with van der Waals surface area (Å²) in [5.74, 6) is 0.892. The molecule has 0 spiro atoms. The fraction of sp³-hybridized carbons (Fsp3) is 0.583. The van der Waals surface area contributed by atoms with E-state index in [9.17, 15) is 0 Å². The largest absolute Gasteiger partial charge is 0.379 e. The summed E-state index contributed by atoms with van der Waals surface area (Å²) in [6.45, 7) is 8.31. The molecule has 170 valence electrons. The highest BCUT2D eigenvalue weighted by molar-refractivity contribution is 14.0. The van der Waals surface area contributed by atoms with Crippen LogP contribution >= 0.6 is 24.0 Å². The number of fused-ring (bicyclic) bond motifs is 1. The van der Waals surface area contributed by atoms with Gasteiger partial charge in [-0.1, -0.05) is 43.5 Å². The number of hydrogen-bond donors (Lipinski definition) is 2. The molecule has 6 nitrogen and oxygen atoms in total. The van der Waals surface area contributed by atoms with Gasteiger partial charge in [0, 0.05) is 43.3 Å². The van der Waals surface area contributed by atoms with Crippen molar-refractivity contribution in [3.8, 4) is 0 Å². The molecule has 1 aliphatic carbocycles. The van der Waals surface area contributed by atoms with E-state index in [-0.39, 0.29) is 29.5 Å². The number of para-hydroxylation sites is 1. The van der Waals surface area contributed by atoms with Crippen molar-refractivity contribution in [2.45, 2.75) is 51.1 Å². The fourth-order valence-electron chi connectivity index (χ4n) is 4.90. The molecule has 7 heteroatoms. The molecule has 0 radical (unpaired) electrons. The standard InChI is InChI=1S/C24H35N5O.HI/c1-2-25-23(27-18-21-9-6-8-20-10-7-13-26-22(20)21)28-19-24(11-4-3-5-12-24)29-14-16-30-17-15-29;/h6-10,13H,2-5,11-12,14-19H2,1H3,(H2,25,27,28);1H. The van der Waals surface area contributed by atoms with E-state index < -0.39 is 0 Å². The summed E-state index contributed by atoms with van der Waals surface area (Å²) in [7, 11) is 0. The van der Waals surface area contributed by atoms with Gasteiger partial charge >= 0.3 is 0 Å². The van der Waals surface area contributed by atoms with Gasteiger partial charge in [-0.3, -0.25) is 9.88 Å². The van der Waals surface area contributed by atoms with Crippen LogP contribution in [0.5, 0.6) is 0 Å². The molecule has 1 aromatic heterocycles. The van der Waals surface area contributed by atoms with Crippen LogP contribution in [0.1, 0.15) is 44.6 Å². The zero-order valence-electron chi connectivity index (χ0n) is 18.6. The highest BCUT2D eigenvalue weighted by atomic mass is 127. The fourth-order valence-corrected chi connectivity index (χ4v) is 4.90. The average Bonchev–Trinajstić information content (AvgIpc) is 2.82. The SMILES string of the molecule is CCNC(=NCc1cccc2cccnc12)NCC1(N2CCOCC2)CCCCC1.I. The summed E-state index contributed by atoms with van der Waals surface area (Å²) >= 11 is 0. The number of benzene rings is 1. The van der Waals surface area contributed by atoms with E-state index in [1.807, 2.05) is 12.3 Å². The molecule has 1 saturated heterocycles. The van der Waals surface area contributed by atoms with Gasteiger partial charge in [-0.15, -0.1) is 24.0 Å². The Balaban J connectivity index is 0.00000272. The maximum atomic E-state index is 5.62. The minimum atomic E-state index is 0. The van der Waals surface area contributed by atoms with Gasteiger partial charge < -0.3 is 15.4 Å². The van der Waals surface area contributed by atoms with Crippen molar-refractivity contribution < 1.29 is 4.74 Å². The maximum absolute atomic E-state index is 5.62. The number of halogens is 1. The lowest BCUT2D eigenvalue weighted by atomic mass is 9.80. The number of rotatable bonds is 6. The lowest BCUT2D eigenvalue weighted by molar-refractivity contribution is -0.0352. The smallest absolute Gasteiger partial charge is 0.191 e. The Bertz CT molecular complexity index is 841.